The van der Waals surface area contributed by atoms with Crippen molar-refractivity contribution in [3.63, 3.8) is 0 Å². The third-order valence-corrected chi connectivity index (χ3v) is 23.2. The largest absolute Gasteiger partial charge is 0.459 e. The van der Waals surface area contributed by atoms with Crippen LogP contribution < -0.4 is 0 Å². The first-order valence-electron chi connectivity index (χ1n) is 31.5. The first-order valence-corrected chi connectivity index (χ1v) is 31.5. The number of carbonyl (C=O) groups excluding carboxylic acids is 1. The van der Waals surface area contributed by atoms with Gasteiger partial charge in [0, 0.05) is 56.8 Å². The number of fused-ring (bicyclic) bond motifs is 10. The molecule has 14 saturated heterocycles. The lowest BCUT2D eigenvalue weighted by Crippen LogP contribution is -2.61. The topological polar surface area (TPSA) is 198 Å². The van der Waals surface area contributed by atoms with Crippen molar-refractivity contribution in [2.24, 2.45) is 35.5 Å². The molecule has 16 rings (SSSR count). The van der Waals surface area contributed by atoms with Gasteiger partial charge in [0.2, 0.25) is 0 Å². The van der Waals surface area contributed by atoms with E-state index in [2.05, 4.69) is 40.9 Å². The molecule has 16 aliphatic rings. The molecule has 2 aliphatic carbocycles. The zero-order chi connectivity index (χ0) is 54.0. The maximum atomic E-state index is 14.6. The van der Waals surface area contributed by atoms with Crippen LogP contribution >= 0.6 is 0 Å². The summed E-state index contributed by atoms with van der Waals surface area (Å²) in [5, 5.41) is 30.4. The molecule has 79 heavy (non-hydrogen) atoms. The monoisotopic (exact) mass is 1110 g/mol. The van der Waals surface area contributed by atoms with E-state index >= 15 is 0 Å². The summed E-state index contributed by atoms with van der Waals surface area (Å²) in [7, 11) is 0. The van der Waals surface area contributed by atoms with E-state index in [1.54, 1.807) is 0 Å². The van der Waals surface area contributed by atoms with Gasteiger partial charge < -0.3 is 76.9 Å². The van der Waals surface area contributed by atoms with Crippen molar-refractivity contribution in [1.29, 1.82) is 0 Å². The Hall–Kier alpha value is -1.65. The zero-order valence-corrected chi connectivity index (χ0v) is 47.1. The second kappa shape index (κ2) is 20.2. The molecule has 12 bridgehead atoms. The molecule has 0 aromatic rings. The van der Waals surface area contributed by atoms with Gasteiger partial charge in [0.05, 0.1) is 140 Å². The van der Waals surface area contributed by atoms with Crippen molar-refractivity contribution in [2.45, 2.75) is 313 Å². The Morgan fingerprint density at radius 2 is 1.32 bits per heavy atom. The van der Waals surface area contributed by atoms with Crippen LogP contribution in [0.15, 0.2) is 24.3 Å². The van der Waals surface area contributed by atoms with Crippen LogP contribution in [-0.4, -0.2) is 185 Å². The summed E-state index contributed by atoms with van der Waals surface area (Å²) in [6.45, 7) is 17.7. The highest BCUT2D eigenvalue weighted by Gasteiger charge is 2.69. The molecule has 0 amide bonds. The van der Waals surface area contributed by atoms with E-state index < -0.39 is 42.9 Å². The molecular formula is C62H90O17. The Labute approximate surface area is 466 Å². The predicted molar refractivity (Wildman–Crippen MR) is 280 cm³/mol. The minimum atomic E-state index is -0.988. The number of aliphatic hydroxyl groups is 3. The molecule has 2 saturated carbocycles. The fraction of sp³-hybridized carbons (Fsp3) is 0.919. The van der Waals surface area contributed by atoms with Gasteiger partial charge >= 0.3 is 5.97 Å². The highest BCUT2D eigenvalue weighted by atomic mass is 16.7. The van der Waals surface area contributed by atoms with Gasteiger partial charge in [0.1, 0.15) is 24.4 Å². The Morgan fingerprint density at radius 3 is 2.16 bits per heavy atom. The first kappa shape index (κ1) is 54.0. The molecule has 17 nitrogen and oxygen atoms in total. The molecule has 14 aliphatic heterocycles. The average Bonchev–Trinajstić information content (AvgIpc) is 3.95. The van der Waals surface area contributed by atoms with Gasteiger partial charge in [-0.2, -0.15) is 0 Å². The molecule has 0 aromatic carbocycles. The second-order valence-electron chi connectivity index (χ2n) is 28.7. The minimum absolute atomic E-state index is 0.00197. The number of ether oxygens (including phenoxy) is 13. The number of rotatable bonds is 4. The first-order chi connectivity index (χ1) is 38.0. The Bertz CT molecular complexity index is 2340. The zero-order valence-electron chi connectivity index (χ0n) is 47.1. The standard InChI is InChI=1S/C62H90O17/c1-28-13-36-7-9-41-29(2)14-38(67-41)11-12-60-24-39-49(25-60)73-58-56(39)71-42-10-8-37(69-57(42)59(58)78-60)16-51(66)75-55-33(6)54-47(70-46(55)17-43(68-36)32(28)5)19-45-50(74-54)26-62(77-45)23-34-22-61(20-30(3)52(34)79-62)21-31(4)53-48(76-61)18-44(72-53)40(65)15-35(64)27-63/h28,30-31,33-50,52-59,63-65H,2,5,7-27H2,1,3-4,6H3/t28-,30+,31+,33+,34+,35+,36+,37-,38+,39+,40-,41?,42+,43?,44+,45-,46+,47+,48+,49+,50-,52+,53+,54+,55-,56+,57+,58-,59+,60-,61-,62-/m1/s1. The smallest absolute Gasteiger partial charge is 0.308 e. The summed E-state index contributed by atoms with van der Waals surface area (Å²) < 4.78 is 90.9. The van der Waals surface area contributed by atoms with Gasteiger partial charge in [-0.15, -0.1) is 0 Å². The lowest BCUT2D eigenvalue weighted by molar-refractivity contribution is -0.278. The van der Waals surface area contributed by atoms with Crippen LogP contribution in [0, 0.1) is 35.5 Å². The molecule has 0 radical (unpaired) electrons. The lowest BCUT2D eigenvalue weighted by atomic mass is 9.66. The molecule has 440 valence electrons. The van der Waals surface area contributed by atoms with Gasteiger partial charge in [-0.25, -0.2) is 0 Å². The Morgan fingerprint density at radius 1 is 0.544 bits per heavy atom. The fourth-order valence-electron chi connectivity index (χ4n) is 19.7. The van der Waals surface area contributed by atoms with Crippen molar-refractivity contribution in [2.75, 3.05) is 6.61 Å². The van der Waals surface area contributed by atoms with Crippen molar-refractivity contribution in [1.82, 2.24) is 0 Å². The number of carbonyl (C=O) groups is 1. The number of hydrogen-bond donors (Lipinski definition) is 3. The van der Waals surface area contributed by atoms with E-state index in [-0.39, 0.29) is 169 Å². The van der Waals surface area contributed by atoms with Gasteiger partial charge in [0.25, 0.3) is 0 Å². The van der Waals surface area contributed by atoms with Gasteiger partial charge in [0.15, 0.2) is 5.79 Å². The third-order valence-electron chi connectivity index (χ3n) is 23.2. The molecule has 14 heterocycles. The van der Waals surface area contributed by atoms with E-state index in [1.165, 1.54) is 5.57 Å². The van der Waals surface area contributed by atoms with Crippen LogP contribution in [0.25, 0.3) is 0 Å². The van der Waals surface area contributed by atoms with Crippen molar-refractivity contribution >= 4 is 5.97 Å². The summed E-state index contributed by atoms with van der Waals surface area (Å²) in [6.07, 6.45) is 8.28. The molecule has 32 atom stereocenters. The molecule has 3 spiro atoms. The molecular weight excluding hydrogens is 1020 g/mol. The quantitative estimate of drug-likeness (QED) is 0.211. The van der Waals surface area contributed by atoms with Crippen LogP contribution in [-0.2, 0) is 66.4 Å². The average molecular weight is 1110 g/mol. The number of hydrogen-bond acceptors (Lipinski definition) is 17. The predicted octanol–water partition coefficient (Wildman–Crippen LogP) is 6.25. The lowest BCUT2D eigenvalue weighted by Gasteiger charge is -2.51. The van der Waals surface area contributed by atoms with E-state index in [1.807, 2.05) is 0 Å². The van der Waals surface area contributed by atoms with Crippen molar-refractivity contribution in [3.8, 4) is 0 Å². The highest BCUT2D eigenvalue weighted by molar-refractivity contribution is 5.70. The normalized spacial score (nSPS) is 57.2. The third kappa shape index (κ3) is 9.45. The van der Waals surface area contributed by atoms with E-state index in [9.17, 15) is 20.1 Å². The summed E-state index contributed by atoms with van der Waals surface area (Å²) in [5.74, 6) is -0.0588. The van der Waals surface area contributed by atoms with Gasteiger partial charge in [-0.05, 0) is 112 Å². The molecule has 16 fully saturated rings. The van der Waals surface area contributed by atoms with Crippen LogP contribution in [0.5, 0.6) is 0 Å². The second-order valence-corrected chi connectivity index (χ2v) is 28.7. The van der Waals surface area contributed by atoms with E-state index in [4.69, 9.17) is 61.6 Å². The Balaban J connectivity index is 0.655. The van der Waals surface area contributed by atoms with Crippen molar-refractivity contribution in [3.05, 3.63) is 24.3 Å². The van der Waals surface area contributed by atoms with Gasteiger partial charge in [-0.3, -0.25) is 4.79 Å². The van der Waals surface area contributed by atoms with E-state index in [0.29, 0.717) is 38.0 Å². The Kier molecular flexibility index (Phi) is 13.8. The highest BCUT2D eigenvalue weighted by Crippen LogP contribution is 2.60. The fourth-order valence-corrected chi connectivity index (χ4v) is 19.7. The summed E-state index contributed by atoms with van der Waals surface area (Å²) in [5.41, 5.74) is 1.56. The molecule has 0 aromatic heterocycles. The van der Waals surface area contributed by atoms with Crippen LogP contribution in [0.2, 0.25) is 0 Å². The minimum Gasteiger partial charge on any atom is -0.459 e. The maximum Gasteiger partial charge on any atom is 0.308 e. The van der Waals surface area contributed by atoms with Crippen molar-refractivity contribution < 1.29 is 81.7 Å². The molecule has 2 unspecified atom stereocenters. The number of esters is 1. The van der Waals surface area contributed by atoms with Gasteiger partial charge in [-0.1, -0.05) is 40.9 Å². The van der Waals surface area contributed by atoms with Crippen LogP contribution in [0.4, 0.5) is 0 Å². The van der Waals surface area contributed by atoms with E-state index in [0.717, 1.165) is 89.0 Å². The summed E-state index contributed by atoms with van der Waals surface area (Å²) in [4.78, 5) is 14.6. The maximum absolute atomic E-state index is 14.6. The SMILES string of the molecule is C=C1C[C@@H]2CC[C@]34C[C@@H]5[C@@H]6O[C@H]7CC[C@H](CC(=O)O[C@@H]8[C@@H](C)[C@@H]9O[C@@H]%10C[C@]%11(C[C@@H]%12C[C@@]%13(C[C@H](C)[C@@H]%12O%11)C[C@H](C)[C@@H]%11O[C@H]([C@H](O)C[C@H](O)CO)C[C@@H]%11O%13)O[C@@H]%10C[C@@H]9O[C@H]8CC8O[C@@H](CCC1O2)C[C@@H](C)C8=C)O[C@@H]7[C@H](O3)[C@@H]6O[C@H]5C4. The summed E-state index contributed by atoms with van der Waals surface area (Å²) >= 11 is 0. The number of aliphatic hydroxyl groups excluding tert-OH is 3. The summed E-state index contributed by atoms with van der Waals surface area (Å²) in [6, 6.07) is 0. The van der Waals surface area contributed by atoms with Crippen LogP contribution in [0.3, 0.4) is 0 Å². The molecule has 3 N–H and O–H groups in total. The molecule has 17 heteroatoms. The van der Waals surface area contributed by atoms with Crippen LogP contribution in [0.1, 0.15) is 156 Å².